The molecule has 0 bridgehead atoms. The van der Waals surface area contributed by atoms with E-state index in [0.717, 1.165) is 41.4 Å². The van der Waals surface area contributed by atoms with E-state index in [1.165, 1.54) is 0 Å². The summed E-state index contributed by atoms with van der Waals surface area (Å²) in [5.41, 5.74) is 2.21. The maximum atomic E-state index is 6.43. The van der Waals surface area contributed by atoms with E-state index in [1.807, 2.05) is 30.8 Å². The minimum atomic E-state index is 0.141. The molecule has 0 spiro atoms. The van der Waals surface area contributed by atoms with Gasteiger partial charge < -0.3 is 5.32 Å². The maximum absolute atomic E-state index is 6.43. The Morgan fingerprint density at radius 3 is 2.90 bits per heavy atom. The van der Waals surface area contributed by atoms with E-state index in [-0.39, 0.29) is 6.04 Å². The third-order valence-electron chi connectivity index (χ3n) is 3.46. The van der Waals surface area contributed by atoms with Crippen LogP contribution in [0.1, 0.15) is 36.3 Å². The summed E-state index contributed by atoms with van der Waals surface area (Å²) in [6.07, 6.45) is 3.45. The molecule has 1 heterocycles. The second-order valence-corrected chi connectivity index (χ2v) is 5.30. The Bertz CT molecular complexity index is 565. The molecule has 0 aliphatic carbocycles. The molecule has 20 heavy (non-hydrogen) atoms. The molecule has 5 heteroatoms. The molecule has 0 radical (unpaired) electrons. The van der Waals surface area contributed by atoms with Crippen molar-refractivity contribution in [1.29, 1.82) is 0 Å². The third-order valence-corrected chi connectivity index (χ3v) is 3.98. The van der Waals surface area contributed by atoms with Gasteiger partial charge in [-0.05, 0) is 31.5 Å². The minimum Gasteiger partial charge on any atom is -0.313 e. The first-order valence-corrected chi connectivity index (χ1v) is 7.34. The molecule has 1 aromatic carbocycles. The molecule has 0 amide bonds. The Morgan fingerprint density at radius 2 is 2.20 bits per heavy atom. The fraction of sp³-hybridized carbons (Fsp3) is 0.467. The van der Waals surface area contributed by atoms with Gasteiger partial charge in [-0.3, -0.25) is 4.68 Å². The van der Waals surface area contributed by atoms with Crippen LogP contribution in [0.25, 0.3) is 0 Å². The Kier molecular flexibility index (Phi) is 5.15. The zero-order valence-corrected chi connectivity index (χ0v) is 13.0. The largest absolute Gasteiger partial charge is 0.313 e. The van der Waals surface area contributed by atoms with Crippen molar-refractivity contribution in [3.05, 3.63) is 46.5 Å². The normalized spacial score (nSPS) is 12.6. The Labute approximate surface area is 125 Å². The van der Waals surface area contributed by atoms with Crippen molar-refractivity contribution in [2.45, 2.75) is 39.3 Å². The number of halogens is 1. The fourth-order valence-electron chi connectivity index (χ4n) is 2.33. The van der Waals surface area contributed by atoms with E-state index in [2.05, 4.69) is 28.4 Å². The number of likely N-dealkylation sites (N-methyl/N-ethyl adjacent to an activating group) is 1. The van der Waals surface area contributed by atoms with Crippen molar-refractivity contribution in [1.82, 2.24) is 20.1 Å². The highest BCUT2D eigenvalue weighted by Gasteiger charge is 2.17. The van der Waals surface area contributed by atoms with E-state index < -0.39 is 0 Å². The molecule has 0 saturated heterocycles. The van der Waals surface area contributed by atoms with Crippen LogP contribution in [0.5, 0.6) is 0 Å². The summed E-state index contributed by atoms with van der Waals surface area (Å²) in [7, 11) is 1.95. The highest BCUT2D eigenvalue weighted by atomic mass is 35.5. The summed E-state index contributed by atoms with van der Waals surface area (Å²) in [6.45, 7) is 5.06. The number of nitrogens with zero attached hydrogens (tertiary/aromatic N) is 3. The lowest BCUT2D eigenvalue weighted by atomic mass is 10.0. The van der Waals surface area contributed by atoms with Crippen LogP contribution < -0.4 is 5.32 Å². The lowest BCUT2D eigenvalue weighted by Gasteiger charge is -2.19. The molecule has 1 N–H and O–H groups in total. The van der Waals surface area contributed by atoms with E-state index in [1.54, 1.807) is 6.33 Å². The molecular formula is C15H21ClN4. The number of hydrogen-bond acceptors (Lipinski definition) is 3. The van der Waals surface area contributed by atoms with Gasteiger partial charge in [0.2, 0.25) is 0 Å². The molecule has 1 unspecified atom stereocenters. The number of nitrogens with one attached hydrogen (secondary N) is 1. The summed E-state index contributed by atoms with van der Waals surface area (Å²) in [4.78, 5) is 4.37. The highest BCUT2D eigenvalue weighted by Crippen LogP contribution is 2.27. The second-order valence-electron chi connectivity index (χ2n) is 4.92. The summed E-state index contributed by atoms with van der Waals surface area (Å²) >= 11 is 6.43. The second kappa shape index (κ2) is 6.86. The monoisotopic (exact) mass is 292 g/mol. The lowest BCUT2D eigenvalue weighted by molar-refractivity contribution is 0.517. The van der Waals surface area contributed by atoms with Crippen LogP contribution in [-0.4, -0.2) is 21.8 Å². The number of aryl methyl sites for hydroxylation is 2. The maximum Gasteiger partial charge on any atom is 0.138 e. The SMILES string of the molecule is CCCn1ncnc1CC(NC)c1cccc(C)c1Cl. The predicted molar refractivity (Wildman–Crippen MR) is 82.0 cm³/mol. The zero-order valence-electron chi connectivity index (χ0n) is 12.2. The first-order chi connectivity index (χ1) is 9.67. The Morgan fingerprint density at radius 1 is 1.40 bits per heavy atom. The van der Waals surface area contributed by atoms with Gasteiger partial charge in [0, 0.05) is 24.0 Å². The van der Waals surface area contributed by atoms with Gasteiger partial charge in [-0.25, -0.2) is 4.98 Å². The zero-order chi connectivity index (χ0) is 14.5. The van der Waals surface area contributed by atoms with Crippen molar-refractivity contribution in [2.75, 3.05) is 7.05 Å². The average Bonchev–Trinajstić information content (AvgIpc) is 2.87. The molecule has 108 valence electrons. The molecule has 0 saturated carbocycles. The number of aromatic nitrogens is 3. The lowest BCUT2D eigenvalue weighted by Crippen LogP contribution is -2.21. The van der Waals surface area contributed by atoms with Gasteiger partial charge in [-0.15, -0.1) is 0 Å². The molecule has 0 aliphatic heterocycles. The summed E-state index contributed by atoms with van der Waals surface area (Å²) in [6, 6.07) is 6.27. The van der Waals surface area contributed by atoms with Crippen LogP contribution in [0.4, 0.5) is 0 Å². The van der Waals surface area contributed by atoms with Crippen LogP contribution in [0, 0.1) is 6.92 Å². The molecule has 4 nitrogen and oxygen atoms in total. The van der Waals surface area contributed by atoms with E-state index in [0.29, 0.717) is 0 Å². The van der Waals surface area contributed by atoms with Crippen LogP contribution in [0.2, 0.25) is 5.02 Å². The van der Waals surface area contributed by atoms with E-state index >= 15 is 0 Å². The molecule has 1 atom stereocenters. The summed E-state index contributed by atoms with van der Waals surface area (Å²) in [5.74, 6) is 0.990. The first-order valence-electron chi connectivity index (χ1n) is 6.96. The highest BCUT2D eigenvalue weighted by molar-refractivity contribution is 6.32. The average molecular weight is 293 g/mol. The topological polar surface area (TPSA) is 42.7 Å². The first kappa shape index (κ1) is 15.0. The Hall–Kier alpha value is -1.39. The van der Waals surface area contributed by atoms with Gasteiger partial charge in [0.05, 0.1) is 0 Å². The molecule has 0 aliphatic rings. The number of rotatable bonds is 6. The molecular weight excluding hydrogens is 272 g/mol. The van der Waals surface area contributed by atoms with Crippen molar-refractivity contribution in [3.63, 3.8) is 0 Å². The van der Waals surface area contributed by atoms with Gasteiger partial charge in [-0.2, -0.15) is 5.10 Å². The van der Waals surface area contributed by atoms with Crippen LogP contribution in [0.15, 0.2) is 24.5 Å². The quantitative estimate of drug-likeness (QED) is 0.889. The molecule has 0 fully saturated rings. The minimum absolute atomic E-state index is 0.141. The summed E-state index contributed by atoms with van der Waals surface area (Å²) in [5, 5.41) is 8.43. The fourth-order valence-corrected chi connectivity index (χ4v) is 2.59. The smallest absolute Gasteiger partial charge is 0.138 e. The standard InChI is InChI=1S/C15H21ClN4/c1-4-8-20-14(18-10-19-20)9-13(17-3)12-7-5-6-11(2)15(12)16/h5-7,10,13,17H,4,8-9H2,1-3H3. The van der Waals surface area contributed by atoms with Crippen molar-refractivity contribution < 1.29 is 0 Å². The van der Waals surface area contributed by atoms with Gasteiger partial charge in [0.15, 0.2) is 0 Å². The van der Waals surface area contributed by atoms with Crippen LogP contribution in [-0.2, 0) is 13.0 Å². The predicted octanol–water partition coefficient (Wildman–Crippen LogP) is 3.15. The number of hydrogen-bond donors (Lipinski definition) is 1. The Balaban J connectivity index is 2.24. The third kappa shape index (κ3) is 3.19. The molecule has 2 aromatic rings. The van der Waals surface area contributed by atoms with Crippen LogP contribution >= 0.6 is 11.6 Å². The van der Waals surface area contributed by atoms with Crippen molar-refractivity contribution >= 4 is 11.6 Å². The van der Waals surface area contributed by atoms with Crippen molar-refractivity contribution in [3.8, 4) is 0 Å². The molecule has 2 rings (SSSR count). The van der Waals surface area contributed by atoms with Gasteiger partial charge >= 0.3 is 0 Å². The van der Waals surface area contributed by atoms with Gasteiger partial charge in [-0.1, -0.05) is 36.7 Å². The van der Waals surface area contributed by atoms with Crippen LogP contribution in [0.3, 0.4) is 0 Å². The van der Waals surface area contributed by atoms with E-state index in [4.69, 9.17) is 11.6 Å². The van der Waals surface area contributed by atoms with E-state index in [9.17, 15) is 0 Å². The van der Waals surface area contributed by atoms with Gasteiger partial charge in [0.1, 0.15) is 12.2 Å². The summed E-state index contributed by atoms with van der Waals surface area (Å²) < 4.78 is 1.97. The van der Waals surface area contributed by atoms with Crippen molar-refractivity contribution in [2.24, 2.45) is 0 Å². The van der Waals surface area contributed by atoms with Gasteiger partial charge in [0.25, 0.3) is 0 Å². The number of benzene rings is 1. The molecule has 1 aromatic heterocycles.